The Hall–Kier alpha value is -2.86. The number of allylic oxidation sites excluding steroid dienone is 1. The van der Waals surface area contributed by atoms with E-state index in [1.807, 2.05) is 30.3 Å². The molecule has 1 aliphatic carbocycles. The standard InChI is InChI=1S/C20H15FO2/c1-2-13-3-5-14(6-4-13)9-15-10-16(11-20(22)23)19-12-17(21)7-8-18(15)19/h1,3-9,12,16H,10-11H2,(H,22,23)/b15-9+. The average molecular weight is 306 g/mol. The predicted molar refractivity (Wildman–Crippen MR) is 88.3 cm³/mol. The van der Waals surface area contributed by atoms with Crippen molar-refractivity contribution in [3.05, 3.63) is 70.5 Å². The second-order valence-corrected chi connectivity index (χ2v) is 5.67. The Kier molecular flexibility index (Phi) is 3.99. The Bertz CT molecular complexity index is 826. The van der Waals surface area contributed by atoms with Crippen LogP contribution >= 0.6 is 0 Å². The fraction of sp³-hybridized carbons (Fsp3) is 0.150. The highest BCUT2D eigenvalue weighted by Crippen LogP contribution is 2.44. The average Bonchev–Trinajstić information content (AvgIpc) is 2.84. The van der Waals surface area contributed by atoms with Gasteiger partial charge < -0.3 is 5.11 Å². The van der Waals surface area contributed by atoms with Crippen LogP contribution in [0, 0.1) is 18.2 Å². The molecule has 3 rings (SSSR count). The molecule has 2 aromatic carbocycles. The lowest BCUT2D eigenvalue weighted by atomic mass is 9.98. The van der Waals surface area contributed by atoms with E-state index in [0.717, 1.165) is 27.8 Å². The number of carboxylic acids is 1. The second-order valence-electron chi connectivity index (χ2n) is 5.67. The number of hydrogen-bond donors (Lipinski definition) is 1. The molecule has 2 aromatic rings. The molecule has 23 heavy (non-hydrogen) atoms. The molecular formula is C20H15FO2. The van der Waals surface area contributed by atoms with Gasteiger partial charge in [0.1, 0.15) is 5.82 Å². The van der Waals surface area contributed by atoms with Crippen molar-refractivity contribution in [2.75, 3.05) is 0 Å². The van der Waals surface area contributed by atoms with E-state index in [1.54, 1.807) is 6.07 Å². The first kappa shape index (κ1) is 15.1. The fourth-order valence-corrected chi connectivity index (χ4v) is 3.06. The van der Waals surface area contributed by atoms with Crippen LogP contribution < -0.4 is 0 Å². The highest BCUT2D eigenvalue weighted by molar-refractivity contribution is 5.87. The molecule has 3 heteroatoms. The van der Waals surface area contributed by atoms with Crippen LogP contribution in [0.4, 0.5) is 4.39 Å². The third kappa shape index (κ3) is 3.17. The van der Waals surface area contributed by atoms with Gasteiger partial charge in [-0.25, -0.2) is 4.39 Å². The predicted octanol–water partition coefficient (Wildman–Crippen LogP) is 4.31. The van der Waals surface area contributed by atoms with Crippen molar-refractivity contribution in [2.24, 2.45) is 0 Å². The van der Waals surface area contributed by atoms with Crippen molar-refractivity contribution in [2.45, 2.75) is 18.8 Å². The number of carboxylic acid groups (broad SMARTS) is 1. The molecule has 0 spiro atoms. The Balaban J connectivity index is 1.99. The van der Waals surface area contributed by atoms with E-state index < -0.39 is 5.97 Å². The molecule has 0 radical (unpaired) electrons. The number of terminal acetylenes is 1. The monoisotopic (exact) mass is 306 g/mol. The second kappa shape index (κ2) is 6.10. The van der Waals surface area contributed by atoms with E-state index in [0.29, 0.717) is 6.42 Å². The quantitative estimate of drug-likeness (QED) is 0.858. The Morgan fingerprint density at radius 2 is 2.04 bits per heavy atom. The first-order valence-corrected chi connectivity index (χ1v) is 7.35. The minimum atomic E-state index is -0.871. The van der Waals surface area contributed by atoms with Crippen molar-refractivity contribution in [1.29, 1.82) is 0 Å². The van der Waals surface area contributed by atoms with Gasteiger partial charge in [0, 0.05) is 5.56 Å². The SMILES string of the molecule is C#Cc1ccc(/C=C2\CC(CC(=O)O)c3cc(F)ccc32)cc1. The van der Waals surface area contributed by atoms with Crippen LogP contribution in [0.15, 0.2) is 42.5 Å². The molecule has 0 heterocycles. The molecule has 1 atom stereocenters. The van der Waals surface area contributed by atoms with Gasteiger partial charge in [-0.1, -0.05) is 30.2 Å². The maximum atomic E-state index is 13.5. The van der Waals surface area contributed by atoms with E-state index in [4.69, 9.17) is 11.5 Å². The molecule has 0 fully saturated rings. The number of aliphatic carboxylic acids is 1. The van der Waals surface area contributed by atoms with E-state index in [1.165, 1.54) is 12.1 Å². The maximum absolute atomic E-state index is 13.5. The van der Waals surface area contributed by atoms with Crippen molar-refractivity contribution in [3.63, 3.8) is 0 Å². The van der Waals surface area contributed by atoms with Gasteiger partial charge in [-0.15, -0.1) is 6.42 Å². The minimum absolute atomic E-state index is 0.00379. The van der Waals surface area contributed by atoms with Gasteiger partial charge in [0.05, 0.1) is 6.42 Å². The number of rotatable bonds is 3. The third-order valence-corrected chi connectivity index (χ3v) is 4.10. The first-order chi connectivity index (χ1) is 11.1. The number of halogens is 1. The summed E-state index contributed by atoms with van der Waals surface area (Å²) in [6.07, 6.45) is 7.96. The zero-order valence-electron chi connectivity index (χ0n) is 12.4. The maximum Gasteiger partial charge on any atom is 0.303 e. The molecule has 0 saturated carbocycles. The number of carbonyl (C=O) groups is 1. The topological polar surface area (TPSA) is 37.3 Å². The van der Waals surface area contributed by atoms with Crippen molar-refractivity contribution in [1.82, 2.24) is 0 Å². The van der Waals surface area contributed by atoms with Crippen molar-refractivity contribution >= 4 is 17.6 Å². The van der Waals surface area contributed by atoms with Gasteiger partial charge in [0.25, 0.3) is 0 Å². The van der Waals surface area contributed by atoms with Gasteiger partial charge >= 0.3 is 5.97 Å². The van der Waals surface area contributed by atoms with E-state index in [9.17, 15) is 9.18 Å². The molecule has 1 aliphatic rings. The van der Waals surface area contributed by atoms with Gasteiger partial charge in [-0.2, -0.15) is 0 Å². The molecule has 0 saturated heterocycles. The van der Waals surface area contributed by atoms with E-state index >= 15 is 0 Å². The van der Waals surface area contributed by atoms with Crippen molar-refractivity contribution in [3.8, 4) is 12.3 Å². The summed E-state index contributed by atoms with van der Waals surface area (Å²) in [6, 6.07) is 12.2. The highest BCUT2D eigenvalue weighted by atomic mass is 19.1. The summed E-state index contributed by atoms with van der Waals surface area (Å²) < 4.78 is 13.5. The van der Waals surface area contributed by atoms with Crippen LogP contribution in [-0.4, -0.2) is 11.1 Å². The molecule has 0 aromatic heterocycles. The number of hydrogen-bond acceptors (Lipinski definition) is 1. The summed E-state index contributed by atoms with van der Waals surface area (Å²) in [7, 11) is 0. The first-order valence-electron chi connectivity index (χ1n) is 7.35. The summed E-state index contributed by atoms with van der Waals surface area (Å²) in [4.78, 5) is 11.1. The highest BCUT2D eigenvalue weighted by Gasteiger charge is 2.28. The number of fused-ring (bicyclic) bond motifs is 1. The summed E-state index contributed by atoms with van der Waals surface area (Å²) in [5.74, 6) is 1.18. The van der Waals surface area contributed by atoms with Gasteiger partial charge in [0.2, 0.25) is 0 Å². The molecule has 114 valence electrons. The molecule has 0 aliphatic heterocycles. The van der Waals surface area contributed by atoms with Crippen LogP contribution in [0.1, 0.15) is 41.0 Å². The summed E-state index contributed by atoms with van der Waals surface area (Å²) in [5, 5.41) is 9.07. The molecular weight excluding hydrogens is 291 g/mol. The summed E-state index contributed by atoms with van der Waals surface area (Å²) in [6.45, 7) is 0. The van der Waals surface area contributed by atoms with Crippen LogP contribution in [0.25, 0.3) is 11.6 Å². The largest absolute Gasteiger partial charge is 0.481 e. The minimum Gasteiger partial charge on any atom is -0.481 e. The zero-order chi connectivity index (χ0) is 16.4. The lowest BCUT2D eigenvalue weighted by molar-refractivity contribution is -0.137. The molecule has 0 amide bonds. The lowest BCUT2D eigenvalue weighted by Crippen LogP contribution is -2.03. The number of benzene rings is 2. The normalized spacial score (nSPS) is 17.7. The lowest BCUT2D eigenvalue weighted by Gasteiger charge is -2.07. The fourth-order valence-electron chi connectivity index (χ4n) is 3.06. The van der Waals surface area contributed by atoms with Crippen LogP contribution in [0.5, 0.6) is 0 Å². The zero-order valence-corrected chi connectivity index (χ0v) is 12.4. The van der Waals surface area contributed by atoms with Crippen LogP contribution in [-0.2, 0) is 4.79 Å². The summed E-state index contributed by atoms with van der Waals surface area (Å²) >= 11 is 0. The van der Waals surface area contributed by atoms with Gasteiger partial charge in [-0.05, 0) is 58.9 Å². The Labute approximate surface area is 134 Å². The summed E-state index contributed by atoms with van der Waals surface area (Å²) in [5.41, 5.74) is 4.53. The van der Waals surface area contributed by atoms with Crippen LogP contribution in [0.2, 0.25) is 0 Å². The third-order valence-electron chi connectivity index (χ3n) is 4.10. The Morgan fingerprint density at radius 3 is 2.70 bits per heavy atom. The van der Waals surface area contributed by atoms with Gasteiger partial charge in [-0.3, -0.25) is 4.79 Å². The van der Waals surface area contributed by atoms with E-state index in [2.05, 4.69) is 5.92 Å². The molecule has 1 unspecified atom stereocenters. The van der Waals surface area contributed by atoms with E-state index in [-0.39, 0.29) is 18.2 Å². The molecule has 0 bridgehead atoms. The molecule has 2 nitrogen and oxygen atoms in total. The van der Waals surface area contributed by atoms with Crippen molar-refractivity contribution < 1.29 is 14.3 Å². The van der Waals surface area contributed by atoms with Crippen LogP contribution in [0.3, 0.4) is 0 Å². The molecule has 1 N–H and O–H groups in total. The Morgan fingerprint density at radius 1 is 1.30 bits per heavy atom. The smallest absolute Gasteiger partial charge is 0.303 e. The van der Waals surface area contributed by atoms with Gasteiger partial charge in [0.15, 0.2) is 0 Å².